The lowest BCUT2D eigenvalue weighted by Crippen LogP contribution is -2.66. The molecular formula is C44H66N4O6S. The van der Waals surface area contributed by atoms with Gasteiger partial charge < -0.3 is 25.6 Å². The molecule has 5 saturated carbocycles. The molecule has 0 aromatic carbocycles. The van der Waals surface area contributed by atoms with Crippen molar-refractivity contribution in [2.45, 2.75) is 194 Å². The number of aliphatic hydroxyl groups excluding tert-OH is 2. The average Bonchev–Trinajstić information content (AvgIpc) is 3.85. The molecule has 4 heterocycles. The fourth-order valence-electron chi connectivity index (χ4n) is 14.0. The molecular weight excluding hydrogens is 713 g/mol. The van der Waals surface area contributed by atoms with Crippen molar-refractivity contribution in [1.82, 2.24) is 20.9 Å². The van der Waals surface area contributed by atoms with Crippen LogP contribution in [0.4, 0.5) is 0 Å². The first-order valence-electron chi connectivity index (χ1n) is 22.7. The van der Waals surface area contributed by atoms with Crippen LogP contribution in [0.1, 0.15) is 141 Å². The Balaban J connectivity index is 1.18. The van der Waals surface area contributed by atoms with Gasteiger partial charge in [0.2, 0.25) is 11.8 Å². The van der Waals surface area contributed by atoms with E-state index in [0.29, 0.717) is 42.9 Å². The second-order valence-corrected chi connectivity index (χ2v) is 20.5. The summed E-state index contributed by atoms with van der Waals surface area (Å²) in [5, 5.41) is 31.6. The van der Waals surface area contributed by atoms with E-state index in [1.807, 2.05) is 11.8 Å². The van der Waals surface area contributed by atoms with Gasteiger partial charge in [-0.05, 0) is 107 Å². The molecule has 5 N–H and O–H groups in total. The summed E-state index contributed by atoms with van der Waals surface area (Å²) in [6.45, 7) is 0.0198. The standard InChI is InChI=1S/C44H66N4O6S/c49-24-10-9-11-26-18-23-32-31(25-26)44(42(53)45-32)35(40(51)47-43-46-33-16-7-8-17-34(33)55-43)37-41(52)54-38(28-14-5-2-6-15-28)36(27-12-3-1-4-13-27)48(37)39(44)29-19-21-30(50)22-20-29/h26-39,43,46,49-50H,1-8,10,12-25H2,(H,45,53)(H,47,51)/t26?,29?,30?,31?,32?,33?,34?,35-,36-,37-,38+,39+,43?,44-/m0/s1. The minimum Gasteiger partial charge on any atom is -0.459 e. The van der Waals surface area contributed by atoms with Gasteiger partial charge in [0.1, 0.15) is 17.6 Å². The number of carbonyl (C=O) groups is 3. The number of aliphatic hydroxyl groups is 2. The first-order valence-corrected chi connectivity index (χ1v) is 23.6. The number of hydrogen-bond donors (Lipinski definition) is 5. The molecule has 2 amide bonds. The van der Waals surface area contributed by atoms with Gasteiger partial charge in [0.25, 0.3) is 0 Å². The van der Waals surface area contributed by atoms with Gasteiger partial charge in [-0.15, -0.1) is 17.7 Å². The number of morpholine rings is 1. The number of cyclic esters (lactones) is 1. The Bertz CT molecular complexity index is 1470. The van der Waals surface area contributed by atoms with Crippen molar-refractivity contribution < 1.29 is 29.3 Å². The van der Waals surface area contributed by atoms with E-state index in [2.05, 4.69) is 32.7 Å². The lowest BCUT2D eigenvalue weighted by molar-refractivity contribution is -0.190. The molecule has 1 spiro atoms. The number of carbonyl (C=O) groups excluding carboxylic acids is 3. The number of amides is 2. The summed E-state index contributed by atoms with van der Waals surface area (Å²) in [7, 11) is 0. The summed E-state index contributed by atoms with van der Waals surface area (Å²) in [6.07, 6.45) is 21.0. The smallest absolute Gasteiger partial charge is 0.324 e. The third-order valence-corrected chi connectivity index (χ3v) is 17.7. The van der Waals surface area contributed by atoms with Crippen LogP contribution in [0.15, 0.2) is 0 Å². The number of nitrogens with zero attached hydrogens (tertiary/aromatic N) is 1. The third kappa shape index (κ3) is 6.98. The lowest BCUT2D eigenvalue weighted by atomic mass is 9.55. The number of fused-ring (bicyclic) bond motifs is 4. The molecule has 0 bridgehead atoms. The molecule has 11 heteroatoms. The van der Waals surface area contributed by atoms with E-state index < -0.39 is 17.4 Å². The molecule has 9 aliphatic rings. The Morgan fingerprint density at radius 3 is 2.29 bits per heavy atom. The number of rotatable bonds is 6. The van der Waals surface area contributed by atoms with Gasteiger partial charge in [0.15, 0.2) is 0 Å². The van der Waals surface area contributed by atoms with Crippen LogP contribution >= 0.6 is 11.8 Å². The molecule has 0 aromatic heterocycles. The lowest BCUT2D eigenvalue weighted by Gasteiger charge is -2.54. The largest absolute Gasteiger partial charge is 0.459 e. The van der Waals surface area contributed by atoms with Crippen molar-refractivity contribution in [3.63, 3.8) is 0 Å². The van der Waals surface area contributed by atoms with Gasteiger partial charge >= 0.3 is 5.97 Å². The Labute approximate surface area is 332 Å². The van der Waals surface area contributed by atoms with Crippen molar-refractivity contribution >= 4 is 29.5 Å². The van der Waals surface area contributed by atoms with Gasteiger partial charge in [0, 0.05) is 35.7 Å². The summed E-state index contributed by atoms with van der Waals surface area (Å²) in [4.78, 5) is 48.8. The highest BCUT2D eigenvalue weighted by molar-refractivity contribution is 8.00. The topological polar surface area (TPSA) is 140 Å². The molecule has 304 valence electrons. The summed E-state index contributed by atoms with van der Waals surface area (Å²) >= 11 is 1.81. The first-order chi connectivity index (χ1) is 26.9. The van der Waals surface area contributed by atoms with Gasteiger partial charge in [-0.3, -0.25) is 24.6 Å². The molecule has 9 fully saturated rings. The van der Waals surface area contributed by atoms with Crippen LogP contribution in [-0.4, -0.2) is 92.7 Å². The second-order valence-electron chi connectivity index (χ2n) is 19.1. The van der Waals surface area contributed by atoms with Crippen LogP contribution in [0.5, 0.6) is 0 Å². The molecule has 4 saturated heterocycles. The average molecular weight is 779 g/mol. The van der Waals surface area contributed by atoms with E-state index in [4.69, 9.17) is 4.74 Å². The number of nitrogens with one attached hydrogen (secondary N) is 3. The predicted octanol–water partition coefficient (Wildman–Crippen LogP) is 5.00. The minimum atomic E-state index is -1.13. The summed E-state index contributed by atoms with van der Waals surface area (Å²) in [5.41, 5.74) is -1.39. The van der Waals surface area contributed by atoms with E-state index >= 15 is 14.4 Å². The van der Waals surface area contributed by atoms with Crippen molar-refractivity contribution in [3.05, 3.63) is 0 Å². The molecule has 9 rings (SSSR count). The zero-order chi connectivity index (χ0) is 37.7. The van der Waals surface area contributed by atoms with Crippen molar-refractivity contribution in [3.8, 4) is 11.8 Å². The van der Waals surface area contributed by atoms with Crippen molar-refractivity contribution in [2.24, 2.45) is 40.9 Å². The highest BCUT2D eigenvalue weighted by atomic mass is 32.2. The monoisotopic (exact) mass is 778 g/mol. The van der Waals surface area contributed by atoms with Gasteiger partial charge in [-0.2, -0.15) is 0 Å². The van der Waals surface area contributed by atoms with Crippen LogP contribution in [0.2, 0.25) is 0 Å². The summed E-state index contributed by atoms with van der Waals surface area (Å²) < 4.78 is 6.85. The maximum atomic E-state index is 15.6. The van der Waals surface area contributed by atoms with Crippen LogP contribution in [-0.2, 0) is 19.1 Å². The van der Waals surface area contributed by atoms with Crippen LogP contribution < -0.4 is 16.0 Å². The van der Waals surface area contributed by atoms with Gasteiger partial charge in [-0.1, -0.05) is 57.3 Å². The van der Waals surface area contributed by atoms with E-state index in [1.165, 1.54) is 25.7 Å². The molecule has 5 aliphatic carbocycles. The Kier molecular flexibility index (Phi) is 11.5. The molecule has 10 nitrogen and oxygen atoms in total. The zero-order valence-corrected chi connectivity index (χ0v) is 33.6. The maximum Gasteiger partial charge on any atom is 0.324 e. The number of esters is 1. The van der Waals surface area contributed by atoms with E-state index in [-0.39, 0.29) is 83.9 Å². The third-order valence-electron chi connectivity index (χ3n) is 16.2. The molecule has 0 aromatic rings. The normalized spacial score (nSPS) is 45.2. The molecule has 6 unspecified atom stereocenters. The van der Waals surface area contributed by atoms with Crippen molar-refractivity contribution in [2.75, 3.05) is 6.61 Å². The van der Waals surface area contributed by atoms with Crippen molar-refractivity contribution in [1.29, 1.82) is 0 Å². The number of hydrogen-bond acceptors (Lipinski definition) is 9. The van der Waals surface area contributed by atoms with E-state index in [9.17, 15) is 10.2 Å². The molecule has 55 heavy (non-hydrogen) atoms. The quantitative estimate of drug-likeness (QED) is 0.186. The summed E-state index contributed by atoms with van der Waals surface area (Å²) in [6, 6.07) is -0.894. The Morgan fingerprint density at radius 2 is 1.56 bits per heavy atom. The molecule has 0 radical (unpaired) electrons. The Hall–Kier alpha value is -1.84. The molecule has 12 atom stereocenters. The fourth-order valence-corrected chi connectivity index (χ4v) is 15.5. The van der Waals surface area contributed by atoms with Gasteiger partial charge in [0.05, 0.1) is 30.1 Å². The number of ether oxygens (including phenoxy) is 1. The minimum absolute atomic E-state index is 0.0198. The summed E-state index contributed by atoms with van der Waals surface area (Å²) in [5.74, 6) is 5.83. The van der Waals surface area contributed by atoms with Crippen LogP contribution in [0.25, 0.3) is 0 Å². The van der Waals surface area contributed by atoms with E-state index in [0.717, 1.165) is 89.9 Å². The highest BCUT2D eigenvalue weighted by Gasteiger charge is 2.77. The van der Waals surface area contributed by atoms with Crippen LogP contribution in [0.3, 0.4) is 0 Å². The zero-order valence-electron chi connectivity index (χ0n) is 32.8. The first kappa shape index (κ1) is 38.7. The fraction of sp³-hybridized carbons (Fsp3) is 0.886. The molecule has 4 aliphatic heterocycles. The predicted molar refractivity (Wildman–Crippen MR) is 211 cm³/mol. The van der Waals surface area contributed by atoms with Crippen LogP contribution in [0, 0.1) is 52.8 Å². The Morgan fingerprint density at radius 1 is 0.855 bits per heavy atom. The SMILES string of the molecule is O=C1O[C@H](C2CCCCC2)[C@H](C2CCCCC2)N2[C@H]1[C@@H](C(=O)NC1NC3CCCCC3S1)[C@]1(C(=O)NC3CCC(C#CCCO)CC31)[C@H]2C1CCC(O)CC1. The maximum absolute atomic E-state index is 15.6. The van der Waals surface area contributed by atoms with Gasteiger partial charge in [-0.25, -0.2) is 0 Å². The van der Waals surface area contributed by atoms with E-state index in [1.54, 1.807) is 0 Å². The number of thioether (sulfide) groups is 1. The second kappa shape index (κ2) is 16.4. The highest BCUT2D eigenvalue weighted by Crippen LogP contribution is 2.64.